The molecule has 2 aromatic rings. The predicted octanol–water partition coefficient (Wildman–Crippen LogP) is 0.270. The second-order valence-corrected chi connectivity index (χ2v) is 4.16. The van der Waals surface area contributed by atoms with Crippen LogP contribution >= 0.6 is 15.9 Å². The quantitative estimate of drug-likeness (QED) is 0.653. The molecule has 1 aromatic carbocycles. The van der Waals surface area contributed by atoms with E-state index in [0.29, 0.717) is 0 Å². The third-order valence-electron chi connectivity index (χ3n) is 1.58. The fraction of sp³-hybridized carbons (Fsp3) is 0. The molecule has 2 nitrogen and oxygen atoms in total. The van der Waals surface area contributed by atoms with Crippen LogP contribution in [0.5, 0.6) is 0 Å². The second kappa shape index (κ2) is 4.87. The molecule has 0 saturated carbocycles. The summed E-state index contributed by atoms with van der Waals surface area (Å²) in [6, 6.07) is 5.96. The van der Waals surface area contributed by atoms with E-state index in [9.17, 15) is 0 Å². The van der Waals surface area contributed by atoms with Crippen molar-refractivity contribution in [3.05, 3.63) is 29.0 Å². The van der Waals surface area contributed by atoms with Crippen molar-refractivity contribution in [2.75, 3.05) is 0 Å². The average Bonchev–Trinajstić information content (AvgIpc) is 2.07. The van der Waals surface area contributed by atoms with Crippen LogP contribution in [0.3, 0.4) is 0 Å². The second-order valence-electron chi connectivity index (χ2n) is 2.36. The minimum absolute atomic E-state index is 0. The van der Waals surface area contributed by atoms with Gasteiger partial charge in [-0.1, -0.05) is 0 Å². The summed E-state index contributed by atoms with van der Waals surface area (Å²) in [7, 11) is 0. The van der Waals surface area contributed by atoms with Gasteiger partial charge in [-0.25, -0.2) is 0 Å². The Morgan fingerprint density at radius 3 is 2.77 bits per heavy atom. The van der Waals surface area contributed by atoms with Crippen LogP contribution in [0.15, 0.2) is 29.0 Å². The van der Waals surface area contributed by atoms with Crippen molar-refractivity contribution in [1.82, 2.24) is 9.97 Å². The van der Waals surface area contributed by atoms with E-state index >= 15 is 0 Å². The number of nitrogens with zero attached hydrogens (tertiary/aromatic N) is 2. The number of fused-ring (bicyclic) bond motifs is 1. The SMILES string of the molecule is [NaH].[SeH]c1ncnc2ccc(Br)cc12. The summed E-state index contributed by atoms with van der Waals surface area (Å²) in [5, 5.41) is 1.08. The molecule has 13 heavy (non-hydrogen) atoms. The number of halogens is 1. The van der Waals surface area contributed by atoms with Crippen molar-refractivity contribution >= 4 is 77.0 Å². The minimum atomic E-state index is 0. The van der Waals surface area contributed by atoms with Crippen LogP contribution in [-0.2, 0) is 0 Å². The van der Waals surface area contributed by atoms with Crippen LogP contribution in [0.2, 0.25) is 0 Å². The van der Waals surface area contributed by atoms with Gasteiger partial charge in [-0.2, -0.15) is 0 Å². The number of rotatable bonds is 0. The molecule has 0 bridgehead atoms. The molecule has 0 saturated heterocycles. The molecule has 0 unspecified atom stereocenters. The van der Waals surface area contributed by atoms with Crippen molar-refractivity contribution in [3.63, 3.8) is 0 Å². The van der Waals surface area contributed by atoms with Gasteiger partial charge in [0.1, 0.15) is 0 Å². The summed E-state index contributed by atoms with van der Waals surface area (Å²) in [6.45, 7) is 0. The molecule has 62 valence electrons. The molecule has 0 atom stereocenters. The van der Waals surface area contributed by atoms with Crippen LogP contribution < -0.4 is 4.59 Å². The molecule has 0 aliphatic heterocycles. The van der Waals surface area contributed by atoms with Gasteiger partial charge in [-0.05, 0) is 0 Å². The molecular weight excluding hydrogens is 306 g/mol. The number of aromatic nitrogens is 2. The Hall–Kier alpha value is 0.559. The van der Waals surface area contributed by atoms with Gasteiger partial charge in [0, 0.05) is 0 Å². The summed E-state index contributed by atoms with van der Waals surface area (Å²) in [5.74, 6) is 0. The first-order valence-corrected chi connectivity index (χ1v) is 5.10. The van der Waals surface area contributed by atoms with Crippen molar-refractivity contribution in [2.24, 2.45) is 0 Å². The Bertz CT molecular complexity index is 435. The van der Waals surface area contributed by atoms with Crippen molar-refractivity contribution < 1.29 is 0 Å². The standard InChI is InChI=1S/C8H5BrN2Se.Na.H/c9-5-1-2-7-6(3-5)8(12)11-4-10-7;;/h1-4H,(H,10,11,12);;. The van der Waals surface area contributed by atoms with Gasteiger partial charge in [0.25, 0.3) is 0 Å². The molecule has 0 amide bonds. The topological polar surface area (TPSA) is 25.8 Å². The Morgan fingerprint density at radius 1 is 1.23 bits per heavy atom. The number of hydrogen-bond acceptors (Lipinski definition) is 2. The van der Waals surface area contributed by atoms with Gasteiger partial charge >= 0.3 is 116 Å². The maximum absolute atomic E-state index is 4.14. The van der Waals surface area contributed by atoms with E-state index in [1.54, 1.807) is 6.33 Å². The first-order chi connectivity index (χ1) is 5.77. The summed E-state index contributed by atoms with van der Waals surface area (Å²) in [5.41, 5.74) is 0.976. The van der Waals surface area contributed by atoms with Crippen LogP contribution in [0.1, 0.15) is 0 Å². The first kappa shape index (κ1) is 11.6. The monoisotopic (exact) mass is 312 g/mol. The third kappa shape index (κ3) is 2.52. The zero-order valence-electron chi connectivity index (χ0n) is 6.03. The molecule has 0 spiro atoms. The molecule has 0 N–H and O–H groups in total. The first-order valence-electron chi connectivity index (χ1n) is 3.36. The Balaban J connectivity index is 0.000000845. The molecule has 2 rings (SSSR count). The molecule has 0 radical (unpaired) electrons. The van der Waals surface area contributed by atoms with Gasteiger partial charge in [0.15, 0.2) is 0 Å². The van der Waals surface area contributed by atoms with Gasteiger partial charge in [0.2, 0.25) is 0 Å². The van der Waals surface area contributed by atoms with Crippen molar-refractivity contribution in [1.29, 1.82) is 0 Å². The van der Waals surface area contributed by atoms with Crippen molar-refractivity contribution in [3.8, 4) is 0 Å². The number of benzene rings is 1. The molecule has 0 aliphatic carbocycles. The molecule has 0 aliphatic rings. The Labute approximate surface area is 115 Å². The van der Waals surface area contributed by atoms with Crippen LogP contribution in [-0.4, -0.2) is 55.5 Å². The average molecular weight is 312 g/mol. The van der Waals surface area contributed by atoms with E-state index in [2.05, 4.69) is 41.9 Å². The summed E-state index contributed by atoms with van der Waals surface area (Å²) >= 11 is 5.85. The molecule has 0 fully saturated rings. The van der Waals surface area contributed by atoms with Gasteiger partial charge < -0.3 is 0 Å². The normalized spacial score (nSPS) is 9.69. The van der Waals surface area contributed by atoms with E-state index in [1.807, 2.05) is 18.2 Å². The van der Waals surface area contributed by atoms with Crippen molar-refractivity contribution in [2.45, 2.75) is 0 Å². The van der Waals surface area contributed by atoms with Crippen LogP contribution in [0.25, 0.3) is 10.9 Å². The van der Waals surface area contributed by atoms with E-state index in [-0.39, 0.29) is 29.6 Å². The number of hydrogen-bond donors (Lipinski definition) is 0. The van der Waals surface area contributed by atoms with E-state index in [1.165, 1.54) is 0 Å². The molecule has 1 heterocycles. The van der Waals surface area contributed by atoms with Crippen LogP contribution in [0, 0.1) is 0 Å². The van der Waals surface area contributed by atoms with Gasteiger partial charge in [-0.3, -0.25) is 0 Å². The van der Waals surface area contributed by atoms with E-state index in [4.69, 9.17) is 0 Å². The zero-order valence-corrected chi connectivity index (χ0v) is 9.49. The molecule has 5 heteroatoms. The fourth-order valence-electron chi connectivity index (χ4n) is 1.02. The summed E-state index contributed by atoms with van der Waals surface area (Å²) in [4.78, 5) is 8.23. The maximum atomic E-state index is 4.14. The van der Waals surface area contributed by atoms with Gasteiger partial charge in [-0.15, -0.1) is 0 Å². The van der Waals surface area contributed by atoms with Crippen LogP contribution in [0.4, 0.5) is 0 Å². The molecule has 1 aromatic heterocycles. The zero-order chi connectivity index (χ0) is 8.55. The molecular formula is C8H6BrN2NaSe. The summed E-state index contributed by atoms with van der Waals surface area (Å²) in [6.07, 6.45) is 1.57. The summed E-state index contributed by atoms with van der Waals surface area (Å²) < 4.78 is 2.01. The Morgan fingerprint density at radius 2 is 2.00 bits per heavy atom. The van der Waals surface area contributed by atoms with E-state index in [0.717, 1.165) is 20.0 Å². The third-order valence-corrected chi connectivity index (χ3v) is 2.82. The Kier molecular flexibility index (Phi) is 4.36. The van der Waals surface area contributed by atoms with Gasteiger partial charge in [0.05, 0.1) is 0 Å². The van der Waals surface area contributed by atoms with E-state index < -0.39 is 0 Å². The predicted molar refractivity (Wildman–Crippen MR) is 61.2 cm³/mol. The fourth-order valence-corrected chi connectivity index (χ4v) is 1.86.